The predicted molar refractivity (Wildman–Crippen MR) is 134 cm³/mol. The number of nitrogens with one attached hydrogen (secondary N) is 2. The van der Waals surface area contributed by atoms with Crippen LogP contribution in [-0.2, 0) is 4.79 Å². The van der Waals surface area contributed by atoms with Gasteiger partial charge in [0.1, 0.15) is 5.70 Å². The highest BCUT2D eigenvalue weighted by molar-refractivity contribution is 6.05. The fraction of sp³-hybridized carbons (Fsp3) is 0.148. The fourth-order valence-corrected chi connectivity index (χ4v) is 3.38. The molecule has 0 bridgehead atoms. The van der Waals surface area contributed by atoms with E-state index >= 15 is 0 Å². The largest absolute Gasteiger partial charge is 0.493 e. The van der Waals surface area contributed by atoms with E-state index in [1.165, 1.54) is 12.3 Å². The maximum atomic E-state index is 13.0. The van der Waals surface area contributed by atoms with Crippen molar-refractivity contribution in [2.45, 2.75) is 6.92 Å². The van der Waals surface area contributed by atoms with Crippen molar-refractivity contribution in [3.63, 3.8) is 0 Å². The summed E-state index contributed by atoms with van der Waals surface area (Å²) in [5.74, 6) is 1.29. The van der Waals surface area contributed by atoms with Crippen LogP contribution in [0.2, 0.25) is 0 Å². The smallest absolute Gasteiger partial charge is 0.287 e. The lowest BCUT2D eigenvalue weighted by Gasteiger charge is -2.10. The quantitative estimate of drug-likeness (QED) is 0.271. The molecule has 184 valence electrons. The monoisotopic (exact) mass is 487 g/mol. The molecule has 0 aromatic heterocycles. The van der Waals surface area contributed by atoms with Gasteiger partial charge in [0.2, 0.25) is 6.79 Å². The van der Waals surface area contributed by atoms with E-state index in [-0.39, 0.29) is 12.5 Å². The van der Waals surface area contributed by atoms with Crippen LogP contribution >= 0.6 is 0 Å². The van der Waals surface area contributed by atoms with E-state index in [2.05, 4.69) is 15.8 Å². The number of benzene rings is 3. The number of hydrazone groups is 1. The van der Waals surface area contributed by atoms with E-state index in [9.17, 15) is 9.59 Å². The van der Waals surface area contributed by atoms with Gasteiger partial charge in [-0.15, -0.1) is 0 Å². The summed E-state index contributed by atoms with van der Waals surface area (Å²) in [5.41, 5.74) is 4.20. The minimum atomic E-state index is -0.605. The van der Waals surface area contributed by atoms with E-state index in [1.54, 1.807) is 73.8 Å². The van der Waals surface area contributed by atoms with Crippen molar-refractivity contribution in [1.29, 1.82) is 0 Å². The third-order valence-electron chi connectivity index (χ3n) is 5.10. The molecule has 9 nitrogen and oxygen atoms in total. The van der Waals surface area contributed by atoms with Crippen molar-refractivity contribution in [3.8, 4) is 23.0 Å². The number of carbonyl (C=O) groups excluding carboxylic acids is 2. The van der Waals surface area contributed by atoms with Crippen molar-refractivity contribution < 1.29 is 28.5 Å². The molecule has 1 aliphatic heterocycles. The Balaban J connectivity index is 1.54. The van der Waals surface area contributed by atoms with Crippen molar-refractivity contribution in [1.82, 2.24) is 10.7 Å². The molecule has 0 saturated heterocycles. The standard InChI is InChI=1S/C27H25N3O6/c1-3-34-24-15-19(10-11-22(24)33-2)16-28-30-27(32)21(29-26(31)20-7-5-4-6-8-20)13-18-9-12-23-25(14-18)36-17-35-23/h4-16H,3,17H2,1-2H3,(H,29,31)(H,30,32). The van der Waals surface area contributed by atoms with Gasteiger partial charge < -0.3 is 24.3 Å². The molecule has 4 rings (SSSR count). The third-order valence-corrected chi connectivity index (χ3v) is 5.10. The Morgan fingerprint density at radius 3 is 2.53 bits per heavy atom. The molecule has 0 saturated carbocycles. The summed E-state index contributed by atoms with van der Waals surface area (Å²) in [5, 5.41) is 6.71. The molecule has 0 atom stereocenters. The number of nitrogens with zero attached hydrogens (tertiary/aromatic N) is 1. The molecule has 0 spiro atoms. The summed E-state index contributed by atoms with van der Waals surface area (Å²) in [7, 11) is 1.56. The Hall–Kier alpha value is -4.79. The van der Waals surface area contributed by atoms with E-state index in [0.29, 0.717) is 46.3 Å². The Kier molecular flexibility index (Phi) is 7.82. The van der Waals surface area contributed by atoms with Gasteiger partial charge in [0.25, 0.3) is 11.8 Å². The molecule has 0 aliphatic carbocycles. The Morgan fingerprint density at radius 2 is 1.75 bits per heavy atom. The topological polar surface area (TPSA) is 107 Å². The fourth-order valence-electron chi connectivity index (χ4n) is 3.38. The van der Waals surface area contributed by atoms with E-state index in [0.717, 1.165) is 0 Å². The molecule has 0 unspecified atom stereocenters. The molecule has 2 N–H and O–H groups in total. The number of hydrogen-bond donors (Lipinski definition) is 2. The highest BCUT2D eigenvalue weighted by atomic mass is 16.7. The number of carbonyl (C=O) groups is 2. The van der Waals surface area contributed by atoms with Crippen LogP contribution in [0.3, 0.4) is 0 Å². The predicted octanol–water partition coefficient (Wildman–Crippen LogP) is 3.74. The van der Waals surface area contributed by atoms with Gasteiger partial charge in [-0.3, -0.25) is 9.59 Å². The highest BCUT2D eigenvalue weighted by Gasteiger charge is 2.17. The lowest BCUT2D eigenvalue weighted by molar-refractivity contribution is -0.117. The summed E-state index contributed by atoms with van der Waals surface area (Å²) in [6.07, 6.45) is 3.01. The third kappa shape index (κ3) is 6.01. The zero-order chi connectivity index (χ0) is 25.3. The van der Waals surface area contributed by atoms with Gasteiger partial charge in [0.05, 0.1) is 19.9 Å². The van der Waals surface area contributed by atoms with Crippen LogP contribution in [0.25, 0.3) is 6.08 Å². The Bertz CT molecular complexity index is 1300. The first-order chi connectivity index (χ1) is 17.6. The van der Waals surface area contributed by atoms with Crippen LogP contribution in [0.5, 0.6) is 23.0 Å². The number of rotatable bonds is 9. The summed E-state index contributed by atoms with van der Waals surface area (Å²) >= 11 is 0. The van der Waals surface area contributed by atoms with Crippen molar-refractivity contribution >= 4 is 24.1 Å². The SMILES string of the molecule is CCOc1cc(C=NNC(=O)C(=Cc2ccc3c(c2)OCO3)NC(=O)c2ccccc2)ccc1OC. The molecule has 3 aromatic carbocycles. The van der Waals surface area contributed by atoms with Gasteiger partial charge >= 0.3 is 0 Å². The van der Waals surface area contributed by atoms with Crippen LogP contribution < -0.4 is 29.7 Å². The van der Waals surface area contributed by atoms with Gasteiger partial charge in [-0.1, -0.05) is 24.3 Å². The molecular weight excluding hydrogens is 462 g/mol. The van der Waals surface area contributed by atoms with Crippen molar-refractivity contribution in [2.24, 2.45) is 5.10 Å². The lowest BCUT2D eigenvalue weighted by atomic mass is 10.1. The molecule has 3 aromatic rings. The van der Waals surface area contributed by atoms with Gasteiger partial charge in [0, 0.05) is 5.56 Å². The maximum absolute atomic E-state index is 13.0. The normalized spacial score (nSPS) is 12.3. The molecular formula is C27H25N3O6. The minimum Gasteiger partial charge on any atom is -0.493 e. The summed E-state index contributed by atoms with van der Waals surface area (Å²) in [6, 6.07) is 19.1. The number of ether oxygens (including phenoxy) is 4. The molecule has 0 fully saturated rings. The summed E-state index contributed by atoms with van der Waals surface area (Å²) < 4.78 is 21.6. The first kappa shape index (κ1) is 24.3. The van der Waals surface area contributed by atoms with Gasteiger partial charge in [-0.2, -0.15) is 5.10 Å². The zero-order valence-electron chi connectivity index (χ0n) is 19.8. The van der Waals surface area contributed by atoms with Gasteiger partial charge in [-0.05, 0) is 66.6 Å². The molecule has 0 radical (unpaired) electrons. The first-order valence-electron chi connectivity index (χ1n) is 11.2. The highest BCUT2D eigenvalue weighted by Crippen LogP contribution is 2.33. The Labute approximate surface area is 208 Å². The molecule has 36 heavy (non-hydrogen) atoms. The van der Waals surface area contributed by atoms with Gasteiger partial charge in [0.15, 0.2) is 23.0 Å². The van der Waals surface area contributed by atoms with E-state index in [4.69, 9.17) is 18.9 Å². The van der Waals surface area contributed by atoms with Crippen LogP contribution in [0, 0.1) is 0 Å². The van der Waals surface area contributed by atoms with Crippen LogP contribution in [0.4, 0.5) is 0 Å². The second-order valence-corrected chi connectivity index (χ2v) is 7.53. The molecule has 1 aliphatic rings. The van der Waals surface area contributed by atoms with Crippen LogP contribution in [0.15, 0.2) is 77.5 Å². The number of methoxy groups -OCH3 is 1. The van der Waals surface area contributed by atoms with Crippen molar-refractivity contribution in [3.05, 3.63) is 89.1 Å². The van der Waals surface area contributed by atoms with Crippen molar-refractivity contribution in [2.75, 3.05) is 20.5 Å². The van der Waals surface area contributed by atoms with E-state index < -0.39 is 11.8 Å². The molecule has 9 heteroatoms. The first-order valence-corrected chi connectivity index (χ1v) is 11.2. The number of hydrogen-bond acceptors (Lipinski definition) is 7. The average molecular weight is 488 g/mol. The second-order valence-electron chi connectivity index (χ2n) is 7.53. The average Bonchev–Trinajstić information content (AvgIpc) is 3.37. The number of amides is 2. The molecule has 2 amide bonds. The maximum Gasteiger partial charge on any atom is 0.287 e. The van der Waals surface area contributed by atoms with E-state index in [1.807, 2.05) is 6.92 Å². The van der Waals surface area contributed by atoms with Crippen LogP contribution in [0.1, 0.15) is 28.4 Å². The minimum absolute atomic E-state index is 0.00426. The zero-order valence-corrected chi connectivity index (χ0v) is 19.8. The Morgan fingerprint density at radius 1 is 0.972 bits per heavy atom. The van der Waals surface area contributed by atoms with Gasteiger partial charge in [-0.25, -0.2) is 5.43 Å². The summed E-state index contributed by atoms with van der Waals surface area (Å²) in [4.78, 5) is 25.8. The second kappa shape index (κ2) is 11.6. The summed E-state index contributed by atoms with van der Waals surface area (Å²) in [6.45, 7) is 2.48. The van der Waals surface area contributed by atoms with Crippen LogP contribution in [-0.4, -0.2) is 38.5 Å². The molecule has 1 heterocycles. The number of fused-ring (bicyclic) bond motifs is 1. The lowest BCUT2D eigenvalue weighted by Crippen LogP contribution is -2.32.